The van der Waals surface area contributed by atoms with Crippen LogP contribution in [0.2, 0.25) is 5.02 Å². The second-order valence-corrected chi connectivity index (χ2v) is 3.75. The van der Waals surface area contributed by atoms with Gasteiger partial charge in [0.1, 0.15) is 0 Å². The van der Waals surface area contributed by atoms with E-state index < -0.39 is 6.10 Å². The molecule has 0 fully saturated rings. The monoisotopic (exact) mass is 242 g/mol. The number of nitrogens with two attached hydrogens (primary N) is 1. The van der Waals surface area contributed by atoms with Crippen LogP contribution in [-0.4, -0.2) is 12.0 Å². The van der Waals surface area contributed by atoms with E-state index in [1.165, 1.54) is 0 Å². The number of hydrogen-bond acceptors (Lipinski definition) is 3. The SMILES string of the molecule is CCC(ON)C(=O)NCc1ccccc1Cl. The van der Waals surface area contributed by atoms with Crippen molar-refractivity contribution in [2.45, 2.75) is 26.0 Å². The fourth-order valence-electron chi connectivity index (χ4n) is 1.28. The lowest BCUT2D eigenvalue weighted by Crippen LogP contribution is -2.37. The standard InChI is InChI=1S/C11H15ClN2O2/c1-2-10(16-13)11(15)14-7-8-5-3-4-6-9(8)12/h3-6,10H,2,7,13H2,1H3,(H,14,15). The summed E-state index contributed by atoms with van der Waals surface area (Å²) in [5, 5.41) is 3.34. The summed E-state index contributed by atoms with van der Waals surface area (Å²) in [6.07, 6.45) is -0.0762. The van der Waals surface area contributed by atoms with Crippen LogP contribution in [0.1, 0.15) is 18.9 Å². The van der Waals surface area contributed by atoms with Gasteiger partial charge in [0, 0.05) is 11.6 Å². The van der Waals surface area contributed by atoms with E-state index >= 15 is 0 Å². The molecule has 5 heteroatoms. The Hall–Kier alpha value is -1.10. The third kappa shape index (κ3) is 3.48. The average Bonchev–Trinajstić information content (AvgIpc) is 2.29. The highest BCUT2D eigenvalue weighted by atomic mass is 35.5. The zero-order chi connectivity index (χ0) is 12.0. The lowest BCUT2D eigenvalue weighted by Gasteiger charge is -2.12. The van der Waals surface area contributed by atoms with Crippen molar-refractivity contribution in [2.75, 3.05) is 0 Å². The molecule has 0 radical (unpaired) electrons. The smallest absolute Gasteiger partial charge is 0.251 e. The average molecular weight is 243 g/mol. The summed E-state index contributed by atoms with van der Waals surface area (Å²) >= 11 is 5.95. The van der Waals surface area contributed by atoms with E-state index in [1.807, 2.05) is 25.1 Å². The first-order valence-electron chi connectivity index (χ1n) is 5.05. The highest BCUT2D eigenvalue weighted by Crippen LogP contribution is 2.14. The first-order valence-corrected chi connectivity index (χ1v) is 5.43. The second-order valence-electron chi connectivity index (χ2n) is 3.34. The summed E-state index contributed by atoms with van der Waals surface area (Å²) in [6.45, 7) is 2.20. The number of hydrogen-bond donors (Lipinski definition) is 2. The van der Waals surface area contributed by atoms with E-state index in [4.69, 9.17) is 17.5 Å². The lowest BCUT2D eigenvalue weighted by atomic mass is 10.2. The van der Waals surface area contributed by atoms with Crippen LogP contribution in [0.5, 0.6) is 0 Å². The summed E-state index contributed by atoms with van der Waals surface area (Å²) in [5.41, 5.74) is 0.865. The van der Waals surface area contributed by atoms with Crippen LogP contribution < -0.4 is 11.2 Å². The Bertz CT molecular complexity index is 354. The quantitative estimate of drug-likeness (QED) is 0.772. The predicted molar refractivity (Wildman–Crippen MR) is 62.7 cm³/mol. The zero-order valence-corrected chi connectivity index (χ0v) is 9.83. The van der Waals surface area contributed by atoms with Gasteiger partial charge in [-0.2, -0.15) is 0 Å². The Morgan fingerprint density at radius 1 is 1.56 bits per heavy atom. The fraction of sp³-hybridized carbons (Fsp3) is 0.364. The van der Waals surface area contributed by atoms with Gasteiger partial charge in [-0.3, -0.25) is 9.63 Å². The Labute approximate surface area is 99.7 Å². The molecule has 0 aliphatic rings. The van der Waals surface area contributed by atoms with Crippen molar-refractivity contribution in [3.05, 3.63) is 34.9 Å². The second kappa shape index (κ2) is 6.48. The van der Waals surface area contributed by atoms with Gasteiger partial charge in [-0.1, -0.05) is 36.7 Å². The molecule has 0 saturated carbocycles. The third-order valence-electron chi connectivity index (χ3n) is 2.24. The summed E-state index contributed by atoms with van der Waals surface area (Å²) in [7, 11) is 0. The minimum absolute atomic E-state index is 0.232. The van der Waals surface area contributed by atoms with Crippen LogP contribution in [-0.2, 0) is 16.2 Å². The van der Waals surface area contributed by atoms with Crippen molar-refractivity contribution in [3.8, 4) is 0 Å². The van der Waals surface area contributed by atoms with E-state index in [0.29, 0.717) is 18.0 Å². The molecule has 0 spiro atoms. The number of amides is 1. The molecule has 0 aromatic heterocycles. The van der Waals surface area contributed by atoms with E-state index in [-0.39, 0.29) is 5.91 Å². The van der Waals surface area contributed by atoms with E-state index in [0.717, 1.165) is 5.56 Å². The highest BCUT2D eigenvalue weighted by molar-refractivity contribution is 6.31. The Morgan fingerprint density at radius 3 is 2.81 bits per heavy atom. The minimum Gasteiger partial charge on any atom is -0.350 e. The van der Waals surface area contributed by atoms with Crippen molar-refractivity contribution in [2.24, 2.45) is 5.90 Å². The highest BCUT2D eigenvalue weighted by Gasteiger charge is 2.15. The maximum Gasteiger partial charge on any atom is 0.251 e. The molecule has 0 bridgehead atoms. The minimum atomic E-state index is -0.609. The van der Waals surface area contributed by atoms with Gasteiger partial charge in [0.25, 0.3) is 5.91 Å². The van der Waals surface area contributed by atoms with Crippen LogP contribution in [0, 0.1) is 0 Å². The summed E-state index contributed by atoms with van der Waals surface area (Å²) < 4.78 is 0. The number of halogens is 1. The van der Waals surface area contributed by atoms with Crippen LogP contribution >= 0.6 is 11.6 Å². The van der Waals surface area contributed by atoms with Gasteiger partial charge in [0.15, 0.2) is 6.10 Å². The van der Waals surface area contributed by atoms with Gasteiger partial charge >= 0.3 is 0 Å². The maximum atomic E-state index is 11.5. The molecule has 1 unspecified atom stereocenters. The van der Waals surface area contributed by atoms with Gasteiger partial charge in [-0.15, -0.1) is 0 Å². The molecule has 16 heavy (non-hydrogen) atoms. The number of carbonyl (C=O) groups excluding carboxylic acids is 1. The molecule has 88 valence electrons. The molecular formula is C11H15ClN2O2. The predicted octanol–water partition coefficient (Wildman–Crippen LogP) is 1.63. The molecule has 1 aromatic carbocycles. The molecular weight excluding hydrogens is 228 g/mol. The molecule has 1 aromatic rings. The molecule has 3 N–H and O–H groups in total. The number of carbonyl (C=O) groups is 1. The van der Waals surface area contributed by atoms with E-state index in [2.05, 4.69) is 10.2 Å². The van der Waals surface area contributed by atoms with Crippen LogP contribution in [0.3, 0.4) is 0 Å². The fourth-order valence-corrected chi connectivity index (χ4v) is 1.48. The van der Waals surface area contributed by atoms with Crippen molar-refractivity contribution in [1.29, 1.82) is 0 Å². The normalized spacial score (nSPS) is 12.2. The largest absolute Gasteiger partial charge is 0.350 e. The third-order valence-corrected chi connectivity index (χ3v) is 2.61. The number of nitrogens with one attached hydrogen (secondary N) is 1. The number of benzene rings is 1. The Kier molecular flexibility index (Phi) is 5.25. The van der Waals surface area contributed by atoms with Gasteiger partial charge in [-0.25, -0.2) is 5.90 Å². The zero-order valence-electron chi connectivity index (χ0n) is 9.07. The van der Waals surface area contributed by atoms with Crippen molar-refractivity contribution < 1.29 is 9.63 Å². The van der Waals surface area contributed by atoms with E-state index in [1.54, 1.807) is 6.07 Å². The summed E-state index contributed by atoms with van der Waals surface area (Å²) in [5.74, 6) is 4.76. The first-order chi connectivity index (χ1) is 7.69. The molecule has 0 aliphatic heterocycles. The molecule has 1 rings (SSSR count). The Morgan fingerprint density at radius 2 is 2.25 bits per heavy atom. The summed E-state index contributed by atoms with van der Waals surface area (Å²) in [4.78, 5) is 16.1. The van der Waals surface area contributed by atoms with Crippen molar-refractivity contribution in [1.82, 2.24) is 5.32 Å². The maximum absolute atomic E-state index is 11.5. The van der Waals surface area contributed by atoms with Crippen LogP contribution in [0.15, 0.2) is 24.3 Å². The molecule has 0 aliphatic carbocycles. The van der Waals surface area contributed by atoms with Gasteiger partial charge in [0.05, 0.1) is 0 Å². The van der Waals surface area contributed by atoms with Gasteiger partial charge in [-0.05, 0) is 18.1 Å². The molecule has 0 heterocycles. The topological polar surface area (TPSA) is 64.3 Å². The molecule has 1 amide bonds. The van der Waals surface area contributed by atoms with Crippen molar-refractivity contribution in [3.63, 3.8) is 0 Å². The van der Waals surface area contributed by atoms with Gasteiger partial charge < -0.3 is 5.32 Å². The van der Waals surface area contributed by atoms with Gasteiger partial charge in [0.2, 0.25) is 0 Å². The van der Waals surface area contributed by atoms with Crippen LogP contribution in [0.4, 0.5) is 0 Å². The molecule has 4 nitrogen and oxygen atoms in total. The van der Waals surface area contributed by atoms with E-state index in [9.17, 15) is 4.79 Å². The Balaban J connectivity index is 2.52. The van der Waals surface area contributed by atoms with Crippen molar-refractivity contribution >= 4 is 17.5 Å². The lowest BCUT2D eigenvalue weighted by molar-refractivity contribution is -0.133. The molecule has 0 saturated heterocycles. The molecule has 1 atom stereocenters. The first kappa shape index (κ1) is 13.0. The van der Waals surface area contributed by atoms with Crippen LogP contribution in [0.25, 0.3) is 0 Å². The summed E-state index contributed by atoms with van der Waals surface area (Å²) in [6, 6.07) is 7.34. The number of rotatable bonds is 5.